The molecule has 6 heteroatoms. The number of para-hydroxylation sites is 1. The fraction of sp³-hybridized carbons (Fsp3) is 0.143. The zero-order valence-corrected chi connectivity index (χ0v) is 15.5. The van der Waals surface area contributed by atoms with Gasteiger partial charge in [-0.15, -0.1) is 0 Å². The monoisotopic (exact) mass is 383 g/mol. The number of nitrogens with one attached hydrogen (secondary N) is 1. The van der Waals surface area contributed by atoms with Crippen LogP contribution in [-0.4, -0.2) is 20.1 Å². The second kappa shape index (κ2) is 8.81. The van der Waals surface area contributed by atoms with E-state index in [1.165, 1.54) is 18.2 Å². The van der Waals surface area contributed by atoms with E-state index in [0.29, 0.717) is 12.1 Å². The zero-order valence-electron chi connectivity index (χ0n) is 14.7. The normalized spacial score (nSPS) is 12.5. The van der Waals surface area contributed by atoms with Crippen molar-refractivity contribution in [2.45, 2.75) is 17.5 Å². The highest BCUT2D eigenvalue weighted by Crippen LogP contribution is 2.27. The molecule has 3 rings (SSSR count). The number of rotatable bonds is 8. The van der Waals surface area contributed by atoms with Crippen LogP contribution < -0.4 is 9.50 Å². The molecule has 27 heavy (non-hydrogen) atoms. The molecule has 0 saturated carbocycles. The Kier molecular flexibility index (Phi) is 6.24. The van der Waals surface area contributed by atoms with Crippen molar-refractivity contribution < 1.29 is 17.7 Å². The van der Waals surface area contributed by atoms with Gasteiger partial charge in [-0.05, 0) is 23.8 Å². The highest BCUT2D eigenvalue weighted by atomic mass is 32.2. The van der Waals surface area contributed by atoms with Gasteiger partial charge in [-0.25, -0.2) is 0 Å². The Labute approximate surface area is 159 Å². The lowest BCUT2D eigenvalue weighted by Gasteiger charge is -2.16. The average Bonchev–Trinajstić information content (AvgIpc) is 2.69. The van der Waals surface area contributed by atoms with Gasteiger partial charge in [0, 0.05) is 18.7 Å². The van der Waals surface area contributed by atoms with E-state index < -0.39 is 16.2 Å². The van der Waals surface area contributed by atoms with E-state index in [-0.39, 0.29) is 17.2 Å². The van der Waals surface area contributed by atoms with Gasteiger partial charge in [0.15, 0.2) is 0 Å². The molecule has 0 unspecified atom stereocenters. The van der Waals surface area contributed by atoms with Crippen LogP contribution in [0.25, 0.3) is 0 Å². The van der Waals surface area contributed by atoms with Crippen molar-refractivity contribution >= 4 is 10.1 Å². The summed E-state index contributed by atoms with van der Waals surface area (Å²) in [5, 5.41) is 13.7. The molecule has 0 aliphatic heterocycles. The molecule has 3 aromatic rings. The van der Waals surface area contributed by atoms with Crippen molar-refractivity contribution in [3.8, 4) is 5.75 Å². The molecule has 0 bridgehead atoms. The number of aliphatic hydroxyl groups is 1. The van der Waals surface area contributed by atoms with Crippen LogP contribution in [0.2, 0.25) is 0 Å². The molecule has 0 aliphatic carbocycles. The first kappa shape index (κ1) is 19.1. The average molecular weight is 383 g/mol. The van der Waals surface area contributed by atoms with E-state index in [1.54, 1.807) is 36.4 Å². The Morgan fingerprint density at radius 3 is 2.15 bits per heavy atom. The lowest BCUT2D eigenvalue weighted by atomic mass is 10.1. The van der Waals surface area contributed by atoms with Crippen LogP contribution in [0.5, 0.6) is 5.75 Å². The van der Waals surface area contributed by atoms with Crippen molar-refractivity contribution in [2.75, 3.05) is 6.54 Å². The van der Waals surface area contributed by atoms with Crippen molar-refractivity contribution in [1.29, 1.82) is 0 Å². The van der Waals surface area contributed by atoms with Crippen molar-refractivity contribution in [1.82, 2.24) is 5.32 Å². The van der Waals surface area contributed by atoms with Crippen molar-refractivity contribution in [3.05, 3.63) is 96.1 Å². The SMILES string of the molecule is O=S(=O)(Oc1ccccc1[C@H](O)CNCc1ccccc1)c1ccccc1. The molecule has 5 nitrogen and oxygen atoms in total. The maximum atomic E-state index is 12.5. The smallest absolute Gasteiger partial charge is 0.339 e. The van der Waals surface area contributed by atoms with Gasteiger partial charge in [0.1, 0.15) is 10.6 Å². The molecule has 3 aromatic carbocycles. The van der Waals surface area contributed by atoms with Crippen molar-refractivity contribution in [3.63, 3.8) is 0 Å². The molecule has 0 radical (unpaired) electrons. The van der Waals surface area contributed by atoms with E-state index in [2.05, 4.69) is 5.32 Å². The molecular formula is C21H21NO4S. The Hall–Kier alpha value is -2.67. The second-order valence-corrected chi connectivity index (χ2v) is 7.57. The fourth-order valence-corrected chi connectivity index (χ4v) is 3.62. The van der Waals surface area contributed by atoms with Crippen LogP contribution in [0.4, 0.5) is 0 Å². The van der Waals surface area contributed by atoms with Gasteiger partial charge in [-0.1, -0.05) is 66.7 Å². The molecule has 0 spiro atoms. The molecule has 0 heterocycles. The number of aliphatic hydroxyl groups excluding tert-OH is 1. The Balaban J connectivity index is 1.70. The van der Waals surface area contributed by atoms with Crippen LogP contribution in [-0.2, 0) is 16.7 Å². The van der Waals surface area contributed by atoms with Crippen molar-refractivity contribution in [2.24, 2.45) is 0 Å². The van der Waals surface area contributed by atoms with Gasteiger partial charge in [0.2, 0.25) is 0 Å². The third-order valence-corrected chi connectivity index (χ3v) is 5.27. The maximum absolute atomic E-state index is 12.5. The highest BCUT2D eigenvalue weighted by Gasteiger charge is 2.20. The first-order chi connectivity index (χ1) is 13.1. The molecule has 0 aromatic heterocycles. The first-order valence-electron chi connectivity index (χ1n) is 8.57. The molecular weight excluding hydrogens is 362 g/mol. The largest absolute Gasteiger partial charge is 0.387 e. The minimum Gasteiger partial charge on any atom is -0.387 e. The van der Waals surface area contributed by atoms with Crippen LogP contribution in [0, 0.1) is 0 Å². The van der Waals surface area contributed by atoms with E-state index >= 15 is 0 Å². The lowest BCUT2D eigenvalue weighted by Crippen LogP contribution is -2.22. The quantitative estimate of drug-likeness (QED) is 0.584. The summed E-state index contributed by atoms with van der Waals surface area (Å²) in [6.45, 7) is 0.865. The van der Waals surface area contributed by atoms with Gasteiger partial charge >= 0.3 is 10.1 Å². The Bertz CT molecular complexity index is 960. The van der Waals surface area contributed by atoms with Crippen LogP contribution in [0.3, 0.4) is 0 Å². The number of hydrogen-bond acceptors (Lipinski definition) is 5. The Morgan fingerprint density at radius 2 is 1.44 bits per heavy atom. The molecule has 140 valence electrons. The fourth-order valence-electron chi connectivity index (χ4n) is 2.64. The lowest BCUT2D eigenvalue weighted by molar-refractivity contribution is 0.172. The summed E-state index contributed by atoms with van der Waals surface area (Å²) in [5.41, 5.74) is 1.51. The predicted molar refractivity (Wildman–Crippen MR) is 104 cm³/mol. The van der Waals surface area contributed by atoms with E-state index in [1.807, 2.05) is 30.3 Å². The van der Waals surface area contributed by atoms with E-state index in [4.69, 9.17) is 4.18 Å². The summed E-state index contributed by atoms with van der Waals surface area (Å²) in [4.78, 5) is 0.0662. The molecule has 0 saturated heterocycles. The standard InChI is InChI=1S/C21H21NO4S/c23-20(16-22-15-17-9-3-1-4-10-17)19-13-7-8-14-21(19)26-27(24,25)18-11-5-2-6-12-18/h1-14,20,22-23H,15-16H2/t20-/m1/s1. The number of hydrogen-bond donors (Lipinski definition) is 2. The summed E-state index contributed by atoms with van der Waals surface area (Å²) in [6, 6.07) is 24.3. The van der Waals surface area contributed by atoms with Crippen LogP contribution in [0.1, 0.15) is 17.2 Å². The zero-order chi connectivity index (χ0) is 19.1. The summed E-state index contributed by atoms with van der Waals surface area (Å²) < 4.78 is 30.2. The minimum atomic E-state index is -3.96. The predicted octanol–water partition coefficient (Wildman–Crippen LogP) is 3.28. The molecule has 0 aliphatic rings. The van der Waals surface area contributed by atoms with Gasteiger partial charge in [0.05, 0.1) is 6.10 Å². The molecule has 0 fully saturated rings. The summed E-state index contributed by atoms with van der Waals surface area (Å²) in [5.74, 6) is 0.121. The highest BCUT2D eigenvalue weighted by molar-refractivity contribution is 7.87. The van der Waals surface area contributed by atoms with Gasteiger partial charge in [-0.3, -0.25) is 0 Å². The second-order valence-electron chi connectivity index (χ2n) is 6.02. The maximum Gasteiger partial charge on any atom is 0.339 e. The molecule has 2 N–H and O–H groups in total. The minimum absolute atomic E-state index is 0.0662. The third-order valence-electron chi connectivity index (χ3n) is 4.02. The van der Waals surface area contributed by atoms with Gasteiger partial charge < -0.3 is 14.6 Å². The summed E-state index contributed by atoms with van der Waals surface area (Å²) >= 11 is 0. The van der Waals surface area contributed by atoms with Crippen LogP contribution >= 0.6 is 0 Å². The summed E-state index contributed by atoms with van der Waals surface area (Å²) in [7, 11) is -3.96. The Morgan fingerprint density at radius 1 is 0.852 bits per heavy atom. The molecule has 0 amide bonds. The van der Waals surface area contributed by atoms with E-state index in [0.717, 1.165) is 5.56 Å². The number of benzene rings is 3. The van der Waals surface area contributed by atoms with Crippen LogP contribution in [0.15, 0.2) is 89.8 Å². The van der Waals surface area contributed by atoms with E-state index in [9.17, 15) is 13.5 Å². The first-order valence-corrected chi connectivity index (χ1v) is 9.98. The molecule has 1 atom stereocenters. The third kappa shape index (κ3) is 5.17. The topological polar surface area (TPSA) is 75.6 Å². The van der Waals surface area contributed by atoms with Gasteiger partial charge in [0.25, 0.3) is 0 Å². The van der Waals surface area contributed by atoms with Gasteiger partial charge in [-0.2, -0.15) is 8.42 Å². The summed E-state index contributed by atoms with van der Waals surface area (Å²) in [6.07, 6.45) is -0.907.